The number of piperidine rings is 1. The minimum absolute atomic E-state index is 0.0968. The number of benzene rings is 2. The van der Waals surface area contributed by atoms with E-state index in [1.54, 1.807) is 25.3 Å². The number of methoxy groups -OCH3 is 1. The molecule has 1 aliphatic heterocycles. The predicted octanol–water partition coefficient (Wildman–Crippen LogP) is 2.92. The molecule has 1 amide bonds. The number of rotatable bonds is 6. The van der Waals surface area contributed by atoms with Crippen molar-refractivity contribution >= 4 is 16.9 Å². The molecule has 2 N–H and O–H groups in total. The summed E-state index contributed by atoms with van der Waals surface area (Å²) in [4.78, 5) is 15.2. The molecule has 1 aromatic heterocycles. The number of hydrogen-bond donors (Lipinski definition) is 2. The third kappa shape index (κ3) is 3.99. The molecule has 7 nitrogen and oxygen atoms in total. The van der Waals surface area contributed by atoms with Crippen LogP contribution >= 0.6 is 0 Å². The van der Waals surface area contributed by atoms with Gasteiger partial charge in [0.05, 0.1) is 13.2 Å². The van der Waals surface area contributed by atoms with Gasteiger partial charge in [0, 0.05) is 12.1 Å². The number of hydrogen-bond acceptors (Lipinski definition) is 5. The van der Waals surface area contributed by atoms with E-state index in [9.17, 15) is 4.79 Å². The zero-order valence-corrected chi connectivity index (χ0v) is 16.0. The summed E-state index contributed by atoms with van der Waals surface area (Å²) in [7, 11) is 1.67. The molecule has 1 aliphatic rings. The maximum atomic E-state index is 12.7. The number of ether oxygens (including phenoxy) is 1. The summed E-state index contributed by atoms with van der Waals surface area (Å²) in [6, 6.07) is 13.6. The Labute approximate surface area is 164 Å². The maximum Gasteiger partial charge on any atom is 0.251 e. The van der Waals surface area contributed by atoms with E-state index in [2.05, 4.69) is 37.8 Å². The zero-order chi connectivity index (χ0) is 19.3. The molecule has 0 saturated carbocycles. The van der Waals surface area contributed by atoms with Gasteiger partial charge in [-0.25, -0.2) is 0 Å². The first-order valence-electron chi connectivity index (χ1n) is 9.71. The van der Waals surface area contributed by atoms with Gasteiger partial charge >= 0.3 is 0 Å². The Morgan fingerprint density at radius 3 is 2.61 bits per heavy atom. The maximum absolute atomic E-state index is 12.7. The van der Waals surface area contributed by atoms with Gasteiger partial charge in [-0.15, -0.1) is 0 Å². The molecule has 3 aromatic rings. The lowest BCUT2D eigenvalue weighted by Gasteiger charge is -2.35. The number of likely N-dealkylation sites (tertiary alicyclic amines) is 1. The number of aromatic nitrogens is 3. The monoisotopic (exact) mass is 379 g/mol. The number of nitrogens with zero attached hydrogens (tertiary/aromatic N) is 3. The number of carbonyl (C=O) groups is 1. The van der Waals surface area contributed by atoms with Crippen LogP contribution in [-0.2, 0) is 0 Å². The number of H-pyrrole nitrogens is 1. The van der Waals surface area contributed by atoms with Crippen molar-refractivity contribution < 1.29 is 9.53 Å². The molecule has 0 aliphatic carbocycles. The van der Waals surface area contributed by atoms with E-state index in [-0.39, 0.29) is 11.9 Å². The van der Waals surface area contributed by atoms with Gasteiger partial charge in [-0.05, 0) is 61.8 Å². The van der Waals surface area contributed by atoms with Gasteiger partial charge in [0.25, 0.3) is 5.91 Å². The molecular formula is C21H25N5O2. The average Bonchev–Trinajstić information content (AvgIpc) is 3.23. The van der Waals surface area contributed by atoms with E-state index < -0.39 is 0 Å². The van der Waals surface area contributed by atoms with Crippen molar-refractivity contribution in [3.63, 3.8) is 0 Å². The van der Waals surface area contributed by atoms with Crippen molar-refractivity contribution in [2.45, 2.75) is 25.3 Å². The van der Waals surface area contributed by atoms with Crippen LogP contribution in [0.1, 0.15) is 41.2 Å². The number of carbonyl (C=O) groups excluding carboxylic acids is 1. The summed E-state index contributed by atoms with van der Waals surface area (Å²) in [6.07, 6.45) is 3.67. The van der Waals surface area contributed by atoms with Crippen LogP contribution < -0.4 is 10.1 Å². The van der Waals surface area contributed by atoms with Gasteiger partial charge in [0.2, 0.25) is 0 Å². The highest BCUT2D eigenvalue weighted by molar-refractivity contribution is 5.97. The summed E-state index contributed by atoms with van der Waals surface area (Å²) in [6.45, 7) is 2.66. The highest BCUT2D eigenvalue weighted by atomic mass is 16.5. The molecule has 1 fully saturated rings. The number of amides is 1. The van der Waals surface area contributed by atoms with Crippen molar-refractivity contribution in [2.24, 2.45) is 0 Å². The van der Waals surface area contributed by atoms with Crippen molar-refractivity contribution in [3.05, 3.63) is 53.6 Å². The second-order valence-electron chi connectivity index (χ2n) is 7.12. The molecule has 0 spiro atoms. The van der Waals surface area contributed by atoms with E-state index in [0.29, 0.717) is 17.6 Å². The largest absolute Gasteiger partial charge is 0.497 e. The molecular weight excluding hydrogens is 354 g/mol. The fourth-order valence-corrected chi connectivity index (χ4v) is 3.79. The van der Waals surface area contributed by atoms with Crippen LogP contribution in [0.15, 0.2) is 42.5 Å². The van der Waals surface area contributed by atoms with E-state index in [1.807, 2.05) is 12.1 Å². The molecule has 7 heteroatoms. The van der Waals surface area contributed by atoms with Crippen LogP contribution in [0.3, 0.4) is 0 Å². The summed E-state index contributed by atoms with van der Waals surface area (Å²) in [5.41, 5.74) is 3.22. The second-order valence-corrected chi connectivity index (χ2v) is 7.12. The average molecular weight is 379 g/mol. The lowest BCUT2D eigenvalue weighted by atomic mass is 10.0. The van der Waals surface area contributed by atoms with Gasteiger partial charge in [0.1, 0.15) is 16.8 Å². The minimum Gasteiger partial charge on any atom is -0.497 e. The number of aromatic amines is 1. The fraction of sp³-hybridized carbons (Fsp3) is 0.381. The SMILES string of the molecule is COc1ccc(C(CNC(=O)c2ccc3n[nH]nc3c2)N2CCCCC2)cc1. The molecule has 2 aromatic carbocycles. The van der Waals surface area contributed by atoms with E-state index in [1.165, 1.54) is 24.8 Å². The summed E-state index contributed by atoms with van der Waals surface area (Å²) < 4.78 is 5.28. The Balaban J connectivity index is 1.50. The third-order valence-electron chi connectivity index (χ3n) is 5.37. The smallest absolute Gasteiger partial charge is 0.251 e. The normalized spacial score (nSPS) is 16.0. The van der Waals surface area contributed by atoms with E-state index >= 15 is 0 Å². The highest BCUT2D eigenvalue weighted by Crippen LogP contribution is 2.26. The van der Waals surface area contributed by atoms with E-state index in [4.69, 9.17) is 4.74 Å². The van der Waals surface area contributed by atoms with E-state index in [0.717, 1.165) is 24.4 Å². The highest BCUT2D eigenvalue weighted by Gasteiger charge is 2.23. The van der Waals surface area contributed by atoms with Crippen molar-refractivity contribution in [1.82, 2.24) is 25.6 Å². The first kappa shape index (κ1) is 18.4. The molecule has 28 heavy (non-hydrogen) atoms. The molecule has 146 valence electrons. The standard InChI is InChI=1S/C21H25N5O2/c1-28-17-8-5-15(6-9-17)20(26-11-3-2-4-12-26)14-22-21(27)16-7-10-18-19(13-16)24-25-23-18/h5-10,13,20H,2-4,11-12,14H2,1H3,(H,22,27)(H,23,24,25). The Morgan fingerprint density at radius 1 is 1.11 bits per heavy atom. The van der Waals surface area contributed by atoms with Crippen LogP contribution in [0.4, 0.5) is 0 Å². The first-order valence-corrected chi connectivity index (χ1v) is 9.71. The van der Waals surface area contributed by atoms with Crippen LogP contribution in [0, 0.1) is 0 Å². The Hall–Kier alpha value is -2.93. The predicted molar refractivity (Wildman–Crippen MR) is 107 cm³/mol. The Morgan fingerprint density at radius 2 is 1.86 bits per heavy atom. The van der Waals surface area contributed by atoms with Crippen LogP contribution in [0.2, 0.25) is 0 Å². The first-order chi connectivity index (χ1) is 13.7. The van der Waals surface area contributed by atoms with Gasteiger partial charge in [0.15, 0.2) is 0 Å². The summed E-state index contributed by atoms with van der Waals surface area (Å²) >= 11 is 0. The molecule has 2 heterocycles. The Kier molecular flexibility index (Phi) is 5.53. The molecule has 4 rings (SSSR count). The number of nitrogens with one attached hydrogen (secondary N) is 2. The zero-order valence-electron chi connectivity index (χ0n) is 16.0. The van der Waals surface area contributed by atoms with Gasteiger partial charge in [-0.1, -0.05) is 18.6 Å². The van der Waals surface area contributed by atoms with Gasteiger partial charge < -0.3 is 10.1 Å². The topological polar surface area (TPSA) is 83.1 Å². The molecule has 1 saturated heterocycles. The quantitative estimate of drug-likeness (QED) is 0.688. The summed E-state index contributed by atoms with van der Waals surface area (Å²) in [5.74, 6) is 0.742. The van der Waals surface area contributed by atoms with Gasteiger partial charge in [-0.3, -0.25) is 9.69 Å². The Bertz CT molecular complexity index is 931. The summed E-state index contributed by atoms with van der Waals surface area (Å²) in [5, 5.41) is 13.8. The molecule has 1 atom stereocenters. The molecule has 0 bridgehead atoms. The second kappa shape index (κ2) is 8.39. The lowest BCUT2D eigenvalue weighted by molar-refractivity contribution is 0.0924. The third-order valence-corrected chi connectivity index (χ3v) is 5.37. The fourth-order valence-electron chi connectivity index (χ4n) is 3.79. The number of fused-ring (bicyclic) bond motifs is 1. The molecule has 1 unspecified atom stereocenters. The lowest BCUT2D eigenvalue weighted by Crippen LogP contribution is -2.40. The van der Waals surface area contributed by atoms with Crippen LogP contribution in [0.25, 0.3) is 11.0 Å². The van der Waals surface area contributed by atoms with Crippen molar-refractivity contribution in [2.75, 3.05) is 26.7 Å². The van der Waals surface area contributed by atoms with Gasteiger partial charge in [-0.2, -0.15) is 15.4 Å². The minimum atomic E-state index is -0.0968. The van der Waals surface area contributed by atoms with Crippen molar-refractivity contribution in [3.8, 4) is 5.75 Å². The van der Waals surface area contributed by atoms with Crippen LogP contribution in [-0.4, -0.2) is 53.0 Å². The van der Waals surface area contributed by atoms with Crippen molar-refractivity contribution in [1.29, 1.82) is 0 Å². The molecule has 0 radical (unpaired) electrons. The van der Waals surface area contributed by atoms with Crippen LogP contribution in [0.5, 0.6) is 5.75 Å².